The average molecular weight is 376 g/mol. The molecule has 6 nitrogen and oxygen atoms in total. The highest BCUT2D eigenvalue weighted by molar-refractivity contribution is 5.94. The molecule has 0 amide bonds. The van der Waals surface area contributed by atoms with E-state index in [9.17, 15) is 9.59 Å². The van der Waals surface area contributed by atoms with Gasteiger partial charge in [0.2, 0.25) is 0 Å². The van der Waals surface area contributed by atoms with Gasteiger partial charge in [-0.15, -0.1) is 0 Å². The lowest BCUT2D eigenvalue weighted by molar-refractivity contribution is -0.114. The third-order valence-electron chi connectivity index (χ3n) is 4.71. The van der Waals surface area contributed by atoms with Crippen molar-refractivity contribution >= 4 is 12.3 Å². The predicted octanol–water partition coefficient (Wildman–Crippen LogP) is 3.33. The normalized spacial score (nSPS) is 23.5. The van der Waals surface area contributed by atoms with E-state index in [1.807, 2.05) is 18.2 Å². The van der Waals surface area contributed by atoms with E-state index in [4.69, 9.17) is 18.9 Å². The van der Waals surface area contributed by atoms with E-state index in [1.54, 1.807) is 13.2 Å². The maximum Gasteiger partial charge on any atom is 0.342 e. The van der Waals surface area contributed by atoms with Crippen molar-refractivity contribution in [2.45, 2.75) is 44.8 Å². The molecule has 6 heteroatoms. The Kier molecular flexibility index (Phi) is 8.48. The van der Waals surface area contributed by atoms with Crippen LogP contribution < -0.4 is 4.74 Å². The molecule has 1 heterocycles. The molecule has 1 aliphatic heterocycles. The number of rotatable bonds is 6. The van der Waals surface area contributed by atoms with Gasteiger partial charge in [-0.25, -0.2) is 4.79 Å². The maximum absolute atomic E-state index is 12.9. The molecule has 0 N–H and O–H groups in total. The van der Waals surface area contributed by atoms with Crippen molar-refractivity contribution in [2.75, 3.05) is 21.0 Å². The molecule has 0 radical (unpaired) electrons. The second-order valence-corrected chi connectivity index (χ2v) is 6.66. The average Bonchev–Trinajstić information content (AvgIpc) is 2.67. The molecular weight excluding hydrogens is 348 g/mol. The number of ether oxygens (including phenoxy) is 4. The number of aldehydes is 1. The van der Waals surface area contributed by atoms with Gasteiger partial charge >= 0.3 is 5.97 Å². The third-order valence-corrected chi connectivity index (χ3v) is 4.71. The van der Waals surface area contributed by atoms with Gasteiger partial charge in [0.25, 0.3) is 0 Å². The first-order chi connectivity index (χ1) is 13.1. The van der Waals surface area contributed by atoms with Crippen molar-refractivity contribution in [3.8, 4) is 5.75 Å². The lowest BCUT2D eigenvalue weighted by atomic mass is 9.93. The minimum atomic E-state index is -0.569. The Morgan fingerprint density at radius 1 is 1.26 bits per heavy atom. The van der Waals surface area contributed by atoms with Gasteiger partial charge in [-0.05, 0) is 30.4 Å². The maximum atomic E-state index is 12.9. The molecule has 1 unspecified atom stereocenters. The van der Waals surface area contributed by atoms with Crippen molar-refractivity contribution in [2.24, 2.45) is 5.92 Å². The van der Waals surface area contributed by atoms with Gasteiger partial charge in [-0.1, -0.05) is 31.2 Å². The number of methoxy groups -OCH3 is 2. The van der Waals surface area contributed by atoms with Crippen LogP contribution in [0.2, 0.25) is 0 Å². The van der Waals surface area contributed by atoms with Crippen LogP contribution in [0.1, 0.15) is 42.1 Å². The van der Waals surface area contributed by atoms with Crippen molar-refractivity contribution in [3.63, 3.8) is 0 Å². The molecule has 0 saturated heterocycles. The van der Waals surface area contributed by atoms with Crippen molar-refractivity contribution in [3.05, 3.63) is 41.5 Å². The summed E-state index contributed by atoms with van der Waals surface area (Å²) < 4.78 is 21.9. The zero-order valence-corrected chi connectivity index (χ0v) is 16.2. The Bertz CT molecular complexity index is 654. The first kappa shape index (κ1) is 21.1. The molecule has 3 atom stereocenters. The molecule has 0 aliphatic carbocycles. The van der Waals surface area contributed by atoms with E-state index in [-0.39, 0.29) is 25.2 Å². The smallest absolute Gasteiger partial charge is 0.342 e. The number of carbonyl (C=O) groups is 2. The minimum Gasteiger partial charge on any atom is -0.496 e. The molecule has 0 spiro atoms. The molecule has 0 saturated carbocycles. The van der Waals surface area contributed by atoms with Crippen molar-refractivity contribution in [1.82, 2.24) is 0 Å². The first-order valence-electron chi connectivity index (χ1n) is 9.16. The molecule has 2 rings (SSSR count). The fourth-order valence-electron chi connectivity index (χ4n) is 3.21. The van der Waals surface area contributed by atoms with Crippen LogP contribution in [0.25, 0.3) is 0 Å². The Hall–Kier alpha value is -2.18. The number of hydrogen-bond donors (Lipinski definition) is 0. The van der Waals surface area contributed by atoms with Crippen LogP contribution in [0.15, 0.2) is 30.4 Å². The third kappa shape index (κ3) is 5.91. The van der Waals surface area contributed by atoms with Crippen molar-refractivity contribution in [1.29, 1.82) is 0 Å². The Balaban J connectivity index is 2.36. The van der Waals surface area contributed by atoms with E-state index in [0.717, 1.165) is 18.3 Å². The lowest BCUT2D eigenvalue weighted by Crippen LogP contribution is -2.31. The highest BCUT2D eigenvalue weighted by Crippen LogP contribution is 2.27. The quantitative estimate of drug-likeness (QED) is 0.328. The molecule has 148 valence electrons. The number of esters is 1. The minimum absolute atomic E-state index is 0.117. The monoisotopic (exact) mass is 376 g/mol. The van der Waals surface area contributed by atoms with Gasteiger partial charge in [-0.3, -0.25) is 0 Å². The largest absolute Gasteiger partial charge is 0.496 e. The number of fused-ring (bicyclic) bond motifs is 1. The van der Waals surface area contributed by atoms with Gasteiger partial charge in [-0.2, -0.15) is 0 Å². The molecule has 1 aliphatic rings. The van der Waals surface area contributed by atoms with Gasteiger partial charge < -0.3 is 23.7 Å². The summed E-state index contributed by atoms with van der Waals surface area (Å²) in [6.45, 7) is 2.23. The zero-order valence-electron chi connectivity index (χ0n) is 16.2. The SMILES string of the molecule is COCO[C@@H]1CC(CC=O)OC(=O)c2c(cccc2OC)CC=CC[C@@H]1C. The second kappa shape index (κ2) is 10.8. The van der Waals surface area contributed by atoms with Crippen LogP contribution in [0.4, 0.5) is 0 Å². The summed E-state index contributed by atoms with van der Waals surface area (Å²) in [6, 6.07) is 5.47. The summed E-state index contributed by atoms with van der Waals surface area (Å²) >= 11 is 0. The Labute approximate surface area is 160 Å². The van der Waals surface area contributed by atoms with Gasteiger partial charge in [0, 0.05) is 20.0 Å². The molecule has 27 heavy (non-hydrogen) atoms. The standard InChI is InChI=1S/C21H28O6/c1-15-7-4-5-8-16-9-6-10-18(25-3)20(16)21(23)27-17(11-12-22)13-19(15)26-14-24-2/h4-6,9-10,12,15,17,19H,7-8,11,13-14H2,1-3H3/t15-,17?,19+/m0/s1. The van der Waals surface area contributed by atoms with Crippen LogP contribution >= 0.6 is 0 Å². The number of benzene rings is 1. The predicted molar refractivity (Wildman–Crippen MR) is 101 cm³/mol. The summed E-state index contributed by atoms with van der Waals surface area (Å²) in [5.41, 5.74) is 1.24. The molecule has 0 fully saturated rings. The van der Waals surface area contributed by atoms with E-state index in [1.165, 1.54) is 7.11 Å². The fraction of sp³-hybridized carbons (Fsp3) is 0.524. The topological polar surface area (TPSA) is 71.1 Å². The summed E-state index contributed by atoms with van der Waals surface area (Å²) in [7, 11) is 3.08. The Morgan fingerprint density at radius 2 is 2.07 bits per heavy atom. The van der Waals surface area contributed by atoms with E-state index < -0.39 is 12.1 Å². The molecular formula is C21H28O6. The molecule has 1 aromatic carbocycles. The van der Waals surface area contributed by atoms with Crippen LogP contribution in [0.3, 0.4) is 0 Å². The van der Waals surface area contributed by atoms with E-state index in [0.29, 0.717) is 24.2 Å². The van der Waals surface area contributed by atoms with Crippen LogP contribution in [-0.2, 0) is 25.4 Å². The van der Waals surface area contributed by atoms with Crippen LogP contribution in [-0.4, -0.2) is 45.5 Å². The van der Waals surface area contributed by atoms with E-state index in [2.05, 4.69) is 13.0 Å². The fourth-order valence-corrected chi connectivity index (χ4v) is 3.21. The summed E-state index contributed by atoms with van der Waals surface area (Å²) in [4.78, 5) is 24.0. The van der Waals surface area contributed by atoms with Crippen LogP contribution in [0, 0.1) is 5.92 Å². The van der Waals surface area contributed by atoms with E-state index >= 15 is 0 Å². The number of allylic oxidation sites excluding steroid dienone is 2. The first-order valence-corrected chi connectivity index (χ1v) is 9.16. The molecule has 0 bridgehead atoms. The molecule has 1 aromatic rings. The van der Waals surface area contributed by atoms with Gasteiger partial charge in [0.15, 0.2) is 0 Å². The van der Waals surface area contributed by atoms with Gasteiger partial charge in [0.05, 0.1) is 13.2 Å². The summed E-state index contributed by atoms with van der Waals surface area (Å²) in [5, 5.41) is 0. The highest BCUT2D eigenvalue weighted by Gasteiger charge is 2.27. The Morgan fingerprint density at radius 3 is 2.78 bits per heavy atom. The molecule has 0 aromatic heterocycles. The number of hydrogen-bond acceptors (Lipinski definition) is 6. The van der Waals surface area contributed by atoms with Crippen LogP contribution in [0.5, 0.6) is 5.75 Å². The lowest BCUT2D eigenvalue weighted by Gasteiger charge is -2.27. The number of cyclic esters (lactones) is 1. The van der Waals surface area contributed by atoms with Crippen molar-refractivity contribution < 1.29 is 28.5 Å². The number of carbonyl (C=O) groups excluding carboxylic acids is 2. The summed E-state index contributed by atoms with van der Waals surface area (Å²) in [5.74, 6) is 0.170. The zero-order chi connectivity index (χ0) is 19.6. The second-order valence-electron chi connectivity index (χ2n) is 6.66. The van der Waals surface area contributed by atoms with Gasteiger partial charge in [0.1, 0.15) is 30.5 Å². The highest BCUT2D eigenvalue weighted by atomic mass is 16.7. The summed E-state index contributed by atoms with van der Waals surface area (Å²) in [6.07, 6.45) is 6.10.